The Balaban J connectivity index is 0.00000264. The van der Waals surface area contributed by atoms with Crippen LogP contribution in [0.4, 0.5) is 0 Å². The van der Waals surface area contributed by atoms with Gasteiger partial charge in [0.2, 0.25) is 0 Å². The van der Waals surface area contributed by atoms with E-state index in [0.29, 0.717) is 12.0 Å². The molecular formula is C18H30IN3O. The molecule has 2 N–H and O–H groups in total. The molecule has 0 spiro atoms. The molecule has 0 aromatic heterocycles. The Labute approximate surface area is 157 Å². The van der Waals surface area contributed by atoms with Crippen LogP contribution in [0.2, 0.25) is 0 Å². The largest absolute Gasteiger partial charge is 0.382 e. The minimum absolute atomic E-state index is 0. The molecule has 23 heavy (non-hydrogen) atoms. The average Bonchev–Trinajstić information content (AvgIpc) is 3.31. The summed E-state index contributed by atoms with van der Waals surface area (Å²) < 4.78 is 5.35. The second kappa shape index (κ2) is 11.7. The molecule has 1 aliphatic carbocycles. The summed E-state index contributed by atoms with van der Waals surface area (Å²) in [7, 11) is 0. The van der Waals surface area contributed by atoms with Gasteiger partial charge in [0.1, 0.15) is 0 Å². The van der Waals surface area contributed by atoms with Gasteiger partial charge in [-0.05, 0) is 38.7 Å². The molecule has 1 saturated carbocycles. The molecule has 0 amide bonds. The van der Waals surface area contributed by atoms with E-state index >= 15 is 0 Å². The number of rotatable bonds is 9. The van der Waals surface area contributed by atoms with Crippen molar-refractivity contribution in [3.63, 3.8) is 0 Å². The summed E-state index contributed by atoms with van der Waals surface area (Å²) >= 11 is 0. The molecule has 1 aliphatic rings. The standard InChI is InChI=1S/C18H29N3O.HI/c1-3-19-18(20-12-8-9-13-22-4-2)21-17-14-16(17)15-10-6-5-7-11-15;/h5-7,10-11,16-17H,3-4,8-9,12-14H2,1-2H3,(H2,19,20,21);1H. The third-order valence-corrected chi connectivity index (χ3v) is 3.86. The van der Waals surface area contributed by atoms with Gasteiger partial charge in [0.15, 0.2) is 5.96 Å². The Morgan fingerprint density at radius 1 is 1.22 bits per heavy atom. The maximum atomic E-state index is 5.35. The number of benzene rings is 1. The first kappa shape index (κ1) is 20.2. The molecule has 5 heteroatoms. The molecule has 0 saturated heterocycles. The molecule has 1 aromatic carbocycles. The number of nitrogens with one attached hydrogen (secondary N) is 2. The van der Waals surface area contributed by atoms with Crippen molar-refractivity contribution < 1.29 is 4.74 Å². The molecule has 2 rings (SSSR count). The summed E-state index contributed by atoms with van der Waals surface area (Å²) in [5, 5.41) is 6.89. The maximum Gasteiger partial charge on any atom is 0.191 e. The van der Waals surface area contributed by atoms with Gasteiger partial charge in [-0.1, -0.05) is 30.3 Å². The quantitative estimate of drug-likeness (QED) is 0.272. The van der Waals surface area contributed by atoms with E-state index in [4.69, 9.17) is 4.74 Å². The van der Waals surface area contributed by atoms with Gasteiger partial charge in [-0.15, -0.1) is 24.0 Å². The van der Waals surface area contributed by atoms with E-state index < -0.39 is 0 Å². The minimum atomic E-state index is 0. The number of nitrogens with zero attached hydrogens (tertiary/aromatic N) is 1. The average molecular weight is 431 g/mol. The summed E-state index contributed by atoms with van der Waals surface area (Å²) in [6.45, 7) is 7.53. The fourth-order valence-electron chi connectivity index (χ4n) is 2.57. The molecule has 2 unspecified atom stereocenters. The summed E-state index contributed by atoms with van der Waals surface area (Å²) in [5.74, 6) is 1.57. The highest BCUT2D eigenvalue weighted by atomic mass is 127. The van der Waals surface area contributed by atoms with E-state index in [1.165, 1.54) is 12.0 Å². The first-order valence-electron chi connectivity index (χ1n) is 8.52. The lowest BCUT2D eigenvalue weighted by molar-refractivity contribution is 0.144. The first-order valence-corrected chi connectivity index (χ1v) is 8.52. The van der Waals surface area contributed by atoms with Crippen molar-refractivity contribution in [3.8, 4) is 0 Å². The van der Waals surface area contributed by atoms with Gasteiger partial charge in [0.05, 0.1) is 0 Å². The minimum Gasteiger partial charge on any atom is -0.382 e. The SMILES string of the molecule is CCNC(=NCCCCOCC)NC1CC1c1ccccc1.I. The second-order valence-electron chi connectivity index (χ2n) is 5.67. The number of guanidine groups is 1. The Morgan fingerprint density at radius 3 is 2.70 bits per heavy atom. The third-order valence-electron chi connectivity index (χ3n) is 3.86. The zero-order chi connectivity index (χ0) is 15.6. The molecule has 1 aromatic rings. The number of halogens is 1. The van der Waals surface area contributed by atoms with Crippen LogP contribution in [-0.4, -0.2) is 38.3 Å². The van der Waals surface area contributed by atoms with Gasteiger partial charge in [0, 0.05) is 38.3 Å². The summed E-state index contributed by atoms with van der Waals surface area (Å²) in [6, 6.07) is 11.2. The van der Waals surface area contributed by atoms with E-state index in [1.807, 2.05) is 6.92 Å². The summed E-state index contributed by atoms with van der Waals surface area (Å²) in [4.78, 5) is 4.66. The highest BCUT2D eigenvalue weighted by molar-refractivity contribution is 14.0. The number of unbranched alkanes of at least 4 members (excludes halogenated alkanes) is 1. The zero-order valence-electron chi connectivity index (χ0n) is 14.3. The van der Waals surface area contributed by atoms with Gasteiger partial charge in [-0.25, -0.2) is 0 Å². The van der Waals surface area contributed by atoms with Crippen molar-refractivity contribution in [2.45, 2.75) is 45.1 Å². The Bertz CT molecular complexity index is 453. The topological polar surface area (TPSA) is 45.7 Å². The normalized spacial score (nSPS) is 19.8. The lowest BCUT2D eigenvalue weighted by Crippen LogP contribution is -2.39. The molecule has 0 bridgehead atoms. The van der Waals surface area contributed by atoms with Crippen molar-refractivity contribution >= 4 is 29.9 Å². The summed E-state index contributed by atoms with van der Waals surface area (Å²) in [6.07, 6.45) is 3.34. The van der Waals surface area contributed by atoms with Crippen LogP contribution in [0.1, 0.15) is 44.6 Å². The molecule has 0 aliphatic heterocycles. The predicted molar refractivity (Wildman–Crippen MR) is 108 cm³/mol. The Hall–Kier alpha value is -0.820. The number of ether oxygens (including phenoxy) is 1. The van der Waals surface area contributed by atoms with Gasteiger partial charge < -0.3 is 15.4 Å². The van der Waals surface area contributed by atoms with Gasteiger partial charge >= 0.3 is 0 Å². The van der Waals surface area contributed by atoms with E-state index in [-0.39, 0.29) is 24.0 Å². The fourth-order valence-corrected chi connectivity index (χ4v) is 2.57. The van der Waals surface area contributed by atoms with Crippen LogP contribution in [0.3, 0.4) is 0 Å². The van der Waals surface area contributed by atoms with Crippen molar-refractivity contribution in [2.24, 2.45) is 4.99 Å². The molecule has 1 fully saturated rings. The summed E-state index contributed by atoms with van der Waals surface area (Å²) in [5.41, 5.74) is 1.42. The van der Waals surface area contributed by atoms with Crippen LogP contribution in [0.5, 0.6) is 0 Å². The Kier molecular flexibility index (Phi) is 10.3. The van der Waals surface area contributed by atoms with E-state index in [1.54, 1.807) is 0 Å². The van der Waals surface area contributed by atoms with Crippen molar-refractivity contribution in [2.75, 3.05) is 26.3 Å². The molecule has 0 heterocycles. The maximum absolute atomic E-state index is 5.35. The highest BCUT2D eigenvalue weighted by Crippen LogP contribution is 2.40. The predicted octanol–water partition coefficient (Wildman–Crippen LogP) is 3.53. The Morgan fingerprint density at radius 2 is 2.00 bits per heavy atom. The van der Waals surface area contributed by atoms with Gasteiger partial charge in [-0.3, -0.25) is 4.99 Å². The number of hydrogen-bond acceptors (Lipinski definition) is 2. The van der Waals surface area contributed by atoms with Crippen molar-refractivity contribution in [1.29, 1.82) is 0 Å². The molecule has 130 valence electrons. The molecule has 0 radical (unpaired) electrons. The number of hydrogen-bond donors (Lipinski definition) is 2. The van der Waals surface area contributed by atoms with Gasteiger partial charge in [0.25, 0.3) is 0 Å². The monoisotopic (exact) mass is 431 g/mol. The van der Waals surface area contributed by atoms with Crippen LogP contribution in [0, 0.1) is 0 Å². The number of aliphatic imine (C=N–C) groups is 1. The van der Waals surface area contributed by atoms with Crippen LogP contribution in [-0.2, 0) is 4.74 Å². The third kappa shape index (κ3) is 7.52. The van der Waals surface area contributed by atoms with Crippen LogP contribution in [0.15, 0.2) is 35.3 Å². The molecular weight excluding hydrogens is 401 g/mol. The fraction of sp³-hybridized carbons (Fsp3) is 0.611. The van der Waals surface area contributed by atoms with Crippen LogP contribution >= 0.6 is 24.0 Å². The van der Waals surface area contributed by atoms with Crippen LogP contribution in [0.25, 0.3) is 0 Å². The van der Waals surface area contributed by atoms with E-state index in [0.717, 1.165) is 45.1 Å². The first-order chi connectivity index (χ1) is 10.8. The van der Waals surface area contributed by atoms with E-state index in [9.17, 15) is 0 Å². The van der Waals surface area contributed by atoms with E-state index in [2.05, 4.69) is 52.9 Å². The highest BCUT2D eigenvalue weighted by Gasteiger charge is 2.38. The smallest absolute Gasteiger partial charge is 0.191 e. The van der Waals surface area contributed by atoms with Crippen molar-refractivity contribution in [3.05, 3.63) is 35.9 Å². The lowest BCUT2D eigenvalue weighted by Gasteiger charge is -2.11. The van der Waals surface area contributed by atoms with Crippen molar-refractivity contribution in [1.82, 2.24) is 10.6 Å². The zero-order valence-corrected chi connectivity index (χ0v) is 16.6. The second-order valence-corrected chi connectivity index (χ2v) is 5.67. The van der Waals surface area contributed by atoms with Gasteiger partial charge in [-0.2, -0.15) is 0 Å². The lowest BCUT2D eigenvalue weighted by atomic mass is 10.1. The molecule has 2 atom stereocenters. The van der Waals surface area contributed by atoms with Crippen LogP contribution < -0.4 is 10.6 Å². The molecule has 4 nitrogen and oxygen atoms in total.